The fourth-order valence-corrected chi connectivity index (χ4v) is 2.95. The number of rotatable bonds is 2. The van der Waals surface area contributed by atoms with Crippen LogP contribution in [0.3, 0.4) is 0 Å². The molecule has 3 rings (SSSR count). The lowest BCUT2D eigenvalue weighted by atomic mass is 10.2. The van der Waals surface area contributed by atoms with E-state index >= 15 is 0 Å². The van der Waals surface area contributed by atoms with Crippen molar-refractivity contribution in [3.05, 3.63) is 59.7 Å². The van der Waals surface area contributed by atoms with Gasteiger partial charge in [-0.15, -0.1) is 11.5 Å². The van der Waals surface area contributed by atoms with Crippen molar-refractivity contribution in [1.29, 1.82) is 0 Å². The van der Waals surface area contributed by atoms with E-state index in [1.165, 1.54) is 88.5 Å². The van der Waals surface area contributed by atoms with Gasteiger partial charge in [0.25, 0.3) is 0 Å². The molecule has 2 aromatic carbocycles. The van der Waals surface area contributed by atoms with Gasteiger partial charge in [-0.3, -0.25) is 0 Å². The second-order valence-corrected chi connectivity index (χ2v) is 7.61. The molecule has 36 heavy (non-hydrogen) atoms. The van der Waals surface area contributed by atoms with Crippen LogP contribution in [0.25, 0.3) is 0 Å². The molecule has 2 aromatic rings. The first-order valence-corrected chi connectivity index (χ1v) is 11.5. The standard InChI is InChI=1S/C10H24N4.2C7H6O3.2H2O/c1-3-11-7-9-13-5-2-6-14-10-8-12-4-1;2*8-6-3-1-2-5(4-6)7(9)10;;/h11-14H,1-10H2;2*1-4,8H,(H,9,10);2*1H2. The first-order chi connectivity index (χ1) is 16.4. The van der Waals surface area contributed by atoms with Crippen LogP contribution in [-0.4, -0.2) is 85.5 Å². The lowest BCUT2D eigenvalue weighted by Gasteiger charge is -2.07. The van der Waals surface area contributed by atoms with Crippen LogP contribution in [-0.2, 0) is 0 Å². The summed E-state index contributed by atoms with van der Waals surface area (Å²) in [6, 6.07) is 10.4. The molecule has 0 atom stereocenters. The Kier molecular flexibility index (Phi) is 21.5. The summed E-state index contributed by atoms with van der Waals surface area (Å²) in [6.45, 7) is 9.65. The molecule has 1 fully saturated rings. The Morgan fingerprint density at radius 3 is 1.36 bits per heavy atom. The molecule has 12 nitrogen and oxygen atoms in total. The van der Waals surface area contributed by atoms with Crippen molar-refractivity contribution in [3.63, 3.8) is 0 Å². The molecule has 0 unspecified atom stereocenters. The summed E-state index contributed by atoms with van der Waals surface area (Å²) in [4.78, 5) is 20.4. The highest BCUT2D eigenvalue weighted by Gasteiger charge is 1.99. The van der Waals surface area contributed by atoms with E-state index in [2.05, 4.69) is 21.3 Å². The minimum atomic E-state index is -1.07. The largest absolute Gasteiger partial charge is 0.872 e. The third-order valence-corrected chi connectivity index (χ3v) is 4.74. The van der Waals surface area contributed by atoms with Gasteiger partial charge in [-0.1, -0.05) is 36.4 Å². The van der Waals surface area contributed by atoms with E-state index in [-0.39, 0.29) is 33.6 Å². The van der Waals surface area contributed by atoms with Crippen LogP contribution < -0.4 is 31.5 Å². The lowest BCUT2D eigenvalue weighted by Crippen LogP contribution is -2.87. The van der Waals surface area contributed by atoms with Crippen molar-refractivity contribution in [1.82, 2.24) is 10.6 Å². The number of carboxylic acid groups (broad SMARTS) is 2. The Morgan fingerprint density at radius 1 is 0.667 bits per heavy atom. The monoisotopic (exact) mass is 512 g/mol. The summed E-state index contributed by atoms with van der Waals surface area (Å²) in [5.74, 6) is -2.70. The predicted octanol–water partition coefficient (Wildman–Crippen LogP) is -3.65. The van der Waals surface area contributed by atoms with Gasteiger partial charge in [-0.05, 0) is 12.1 Å². The van der Waals surface area contributed by atoms with Gasteiger partial charge in [0.15, 0.2) is 0 Å². The number of quaternary nitrogens is 2. The summed E-state index contributed by atoms with van der Waals surface area (Å²) in [5, 5.41) is 49.6. The predicted molar refractivity (Wildman–Crippen MR) is 131 cm³/mol. The highest BCUT2D eigenvalue weighted by molar-refractivity contribution is 5.88. The average molecular weight is 513 g/mol. The fourth-order valence-electron chi connectivity index (χ4n) is 2.95. The lowest BCUT2D eigenvalue weighted by molar-refractivity contribution is -0.655. The quantitative estimate of drug-likeness (QED) is 0.234. The van der Waals surface area contributed by atoms with Crippen molar-refractivity contribution >= 4 is 11.9 Å². The van der Waals surface area contributed by atoms with Crippen LogP contribution in [0.15, 0.2) is 48.5 Å². The van der Waals surface area contributed by atoms with Crippen LogP contribution in [0.1, 0.15) is 33.6 Å². The van der Waals surface area contributed by atoms with Gasteiger partial charge in [-0.2, -0.15) is 0 Å². The minimum absolute atomic E-state index is 0. The number of nitrogens with two attached hydrogens (primary N) is 2. The van der Waals surface area contributed by atoms with E-state index in [0.29, 0.717) is 0 Å². The van der Waals surface area contributed by atoms with E-state index in [0.717, 1.165) is 25.2 Å². The Bertz CT molecular complexity index is 746. The molecule has 0 bridgehead atoms. The van der Waals surface area contributed by atoms with Crippen LogP contribution in [0.4, 0.5) is 0 Å². The second-order valence-electron chi connectivity index (χ2n) is 7.61. The number of nitrogens with one attached hydrogen (secondary N) is 2. The van der Waals surface area contributed by atoms with Crippen LogP contribution in [0.2, 0.25) is 0 Å². The molecule has 204 valence electrons. The Balaban J connectivity index is 0. The first-order valence-electron chi connectivity index (χ1n) is 11.5. The van der Waals surface area contributed by atoms with E-state index < -0.39 is 11.9 Å². The SMILES string of the molecule is C1CNCC[NH2+]CCCNCC[NH2+]C1.O.O.O=C(O)c1cccc([O-])c1.O=C(O)c1cccc([O-])c1. The Morgan fingerprint density at radius 2 is 1.06 bits per heavy atom. The summed E-state index contributed by atoms with van der Waals surface area (Å²) in [6.07, 6.45) is 2.58. The molecule has 0 amide bonds. The molecular formula is C24H40N4O8. The number of hydrogen-bond donors (Lipinski definition) is 6. The van der Waals surface area contributed by atoms with E-state index in [9.17, 15) is 19.8 Å². The zero-order valence-electron chi connectivity index (χ0n) is 20.4. The molecule has 0 saturated carbocycles. The summed E-state index contributed by atoms with van der Waals surface area (Å²) in [5.41, 5.74) is 0.0694. The normalized spacial score (nSPS) is 14.4. The minimum Gasteiger partial charge on any atom is -0.872 e. The maximum Gasteiger partial charge on any atom is 0.335 e. The third kappa shape index (κ3) is 18.1. The molecule has 1 aliphatic heterocycles. The van der Waals surface area contributed by atoms with Gasteiger partial charge in [0.2, 0.25) is 0 Å². The molecular weight excluding hydrogens is 472 g/mol. The summed E-state index contributed by atoms with van der Waals surface area (Å²) < 4.78 is 0. The smallest absolute Gasteiger partial charge is 0.335 e. The van der Waals surface area contributed by atoms with Crippen molar-refractivity contribution < 1.29 is 51.6 Å². The molecule has 1 heterocycles. The van der Waals surface area contributed by atoms with Crippen molar-refractivity contribution in [2.75, 3.05) is 52.4 Å². The molecule has 0 aliphatic carbocycles. The highest BCUT2D eigenvalue weighted by Crippen LogP contribution is 2.07. The Hall–Kier alpha value is -3.26. The van der Waals surface area contributed by atoms with Crippen LogP contribution in [0, 0.1) is 0 Å². The first kappa shape index (κ1) is 34.9. The van der Waals surface area contributed by atoms with Gasteiger partial charge in [0.1, 0.15) is 0 Å². The van der Waals surface area contributed by atoms with E-state index in [1.54, 1.807) is 0 Å². The summed E-state index contributed by atoms with van der Waals surface area (Å²) in [7, 11) is 0. The molecule has 0 spiro atoms. The van der Waals surface area contributed by atoms with E-state index in [4.69, 9.17) is 10.2 Å². The van der Waals surface area contributed by atoms with Gasteiger partial charge < -0.3 is 52.6 Å². The van der Waals surface area contributed by atoms with Crippen molar-refractivity contribution in [3.8, 4) is 11.5 Å². The molecule has 1 saturated heterocycles. The maximum atomic E-state index is 10.5. The second kappa shape index (κ2) is 22.2. The number of carbonyl (C=O) groups is 2. The number of hydrogen-bond acceptors (Lipinski definition) is 6. The molecule has 0 radical (unpaired) electrons. The molecule has 1 aliphatic rings. The van der Waals surface area contributed by atoms with E-state index in [1.807, 2.05) is 0 Å². The van der Waals surface area contributed by atoms with Crippen LogP contribution in [0.5, 0.6) is 11.5 Å². The summed E-state index contributed by atoms with van der Waals surface area (Å²) >= 11 is 0. The topological polar surface area (TPSA) is 241 Å². The molecule has 12 N–H and O–H groups in total. The number of carboxylic acids is 2. The van der Waals surface area contributed by atoms with Gasteiger partial charge in [-0.25, -0.2) is 9.59 Å². The molecule has 0 aromatic heterocycles. The van der Waals surface area contributed by atoms with Gasteiger partial charge >= 0.3 is 11.9 Å². The number of benzene rings is 2. The van der Waals surface area contributed by atoms with Crippen molar-refractivity contribution in [2.45, 2.75) is 12.8 Å². The number of aromatic carboxylic acids is 2. The zero-order valence-corrected chi connectivity index (χ0v) is 20.4. The fraction of sp³-hybridized carbons (Fsp3) is 0.417. The zero-order chi connectivity index (χ0) is 25.0. The third-order valence-electron chi connectivity index (χ3n) is 4.74. The van der Waals surface area contributed by atoms with Gasteiger partial charge in [0.05, 0.1) is 37.3 Å². The molecule has 12 heteroatoms. The maximum absolute atomic E-state index is 10.5. The van der Waals surface area contributed by atoms with Gasteiger partial charge in [0, 0.05) is 39.0 Å². The van der Waals surface area contributed by atoms with Crippen LogP contribution >= 0.6 is 0 Å². The van der Waals surface area contributed by atoms with Crippen molar-refractivity contribution in [2.24, 2.45) is 0 Å². The average Bonchev–Trinajstić information content (AvgIpc) is 2.81. The highest BCUT2D eigenvalue weighted by atomic mass is 16.4. The Labute approximate surface area is 211 Å².